The minimum atomic E-state index is -0.818. The van der Waals surface area contributed by atoms with Crippen LogP contribution >= 0.6 is 0 Å². The molecule has 0 aliphatic carbocycles. The Kier molecular flexibility index (Phi) is 4.25. The topological polar surface area (TPSA) is 70.5 Å². The minimum absolute atomic E-state index is 0.00165. The number of carboxylic acids is 1. The van der Waals surface area contributed by atoms with E-state index < -0.39 is 11.4 Å². The fourth-order valence-electron chi connectivity index (χ4n) is 5.07. The molecule has 5 heteroatoms. The van der Waals surface area contributed by atoms with E-state index in [0.29, 0.717) is 24.1 Å². The zero-order valence-corrected chi connectivity index (χ0v) is 15.7. The smallest absolute Gasteiger partial charge is 0.311 e. The molecule has 2 saturated heterocycles. The van der Waals surface area contributed by atoms with Crippen LogP contribution in [0.5, 0.6) is 0 Å². The van der Waals surface area contributed by atoms with Crippen molar-refractivity contribution >= 4 is 11.9 Å². The predicted octanol–water partition coefficient (Wildman–Crippen LogP) is 3.91. The highest BCUT2D eigenvalue weighted by Gasteiger charge is 2.60. The van der Waals surface area contributed by atoms with Gasteiger partial charge in [-0.1, -0.05) is 37.3 Å². The van der Waals surface area contributed by atoms with Crippen molar-refractivity contribution in [3.8, 4) is 11.1 Å². The standard InChI is InChI=1S/C22H24N2O3/c1-3-22(21(26)27)13-16-9-10-18(22)24(16)20(25)19-14(2)23-12-11-17(19)15-7-5-4-6-8-15/h4-8,11-12,16,18H,3,9-10,13H2,1-2H3,(H,26,27)/t16-,18+,22+/m0/s1. The molecule has 4 rings (SSSR count). The molecule has 1 aromatic heterocycles. The molecule has 2 bridgehead atoms. The molecule has 2 aromatic rings. The number of amides is 1. The number of fused-ring (bicyclic) bond motifs is 2. The Bertz CT molecular complexity index is 896. The average molecular weight is 364 g/mol. The minimum Gasteiger partial charge on any atom is -0.481 e. The van der Waals surface area contributed by atoms with Gasteiger partial charge in [0.25, 0.3) is 5.91 Å². The number of carboxylic acid groups (broad SMARTS) is 1. The van der Waals surface area contributed by atoms with E-state index in [1.165, 1.54) is 0 Å². The lowest BCUT2D eigenvalue weighted by molar-refractivity contribution is -0.151. The molecule has 0 spiro atoms. The number of benzene rings is 1. The van der Waals surface area contributed by atoms with Gasteiger partial charge in [0.1, 0.15) is 0 Å². The van der Waals surface area contributed by atoms with E-state index >= 15 is 0 Å². The molecule has 0 saturated carbocycles. The van der Waals surface area contributed by atoms with E-state index in [4.69, 9.17) is 0 Å². The maximum atomic E-state index is 13.6. The van der Waals surface area contributed by atoms with E-state index in [2.05, 4.69) is 4.98 Å². The highest BCUT2D eigenvalue weighted by Crippen LogP contribution is 2.52. The molecule has 2 fully saturated rings. The van der Waals surface area contributed by atoms with E-state index in [1.807, 2.05) is 55.1 Å². The number of rotatable bonds is 4. The summed E-state index contributed by atoms with van der Waals surface area (Å²) >= 11 is 0. The third-order valence-electron chi connectivity index (χ3n) is 6.47. The Morgan fingerprint density at radius 1 is 1.22 bits per heavy atom. The van der Waals surface area contributed by atoms with Crippen LogP contribution in [0.3, 0.4) is 0 Å². The summed E-state index contributed by atoms with van der Waals surface area (Å²) in [5.74, 6) is -0.857. The summed E-state index contributed by atoms with van der Waals surface area (Å²) < 4.78 is 0. The maximum Gasteiger partial charge on any atom is 0.311 e. The molecule has 0 unspecified atom stereocenters. The van der Waals surface area contributed by atoms with Crippen LogP contribution in [0.2, 0.25) is 0 Å². The van der Waals surface area contributed by atoms with Crippen molar-refractivity contribution in [1.82, 2.24) is 9.88 Å². The SMILES string of the molecule is CC[C@@]1(C(=O)O)C[C@@H]2CC[C@H]1N2C(=O)c1c(-c2ccccc2)ccnc1C. The van der Waals surface area contributed by atoms with Gasteiger partial charge < -0.3 is 10.0 Å². The summed E-state index contributed by atoms with van der Waals surface area (Å²) in [5.41, 5.74) is 2.29. The van der Waals surface area contributed by atoms with Crippen LogP contribution < -0.4 is 0 Å². The van der Waals surface area contributed by atoms with Crippen molar-refractivity contribution in [1.29, 1.82) is 0 Å². The number of carbonyl (C=O) groups excluding carboxylic acids is 1. The third-order valence-corrected chi connectivity index (χ3v) is 6.47. The Labute approximate surface area is 159 Å². The van der Waals surface area contributed by atoms with E-state index in [1.54, 1.807) is 6.20 Å². The molecule has 1 aromatic carbocycles. The fourth-order valence-corrected chi connectivity index (χ4v) is 5.07. The molecular weight excluding hydrogens is 340 g/mol. The molecular formula is C22H24N2O3. The van der Waals surface area contributed by atoms with Crippen LogP contribution in [0.4, 0.5) is 0 Å². The van der Waals surface area contributed by atoms with Gasteiger partial charge in [-0.3, -0.25) is 14.6 Å². The number of pyridine rings is 1. The Balaban J connectivity index is 1.78. The lowest BCUT2D eigenvalue weighted by Gasteiger charge is -2.32. The highest BCUT2D eigenvalue weighted by molar-refractivity contribution is 6.03. The first-order valence-electron chi connectivity index (χ1n) is 9.56. The van der Waals surface area contributed by atoms with Crippen LogP contribution in [-0.2, 0) is 4.79 Å². The second kappa shape index (κ2) is 6.48. The van der Waals surface area contributed by atoms with E-state index in [0.717, 1.165) is 24.0 Å². The highest BCUT2D eigenvalue weighted by atomic mass is 16.4. The molecule has 27 heavy (non-hydrogen) atoms. The molecule has 3 heterocycles. The van der Waals surface area contributed by atoms with Crippen molar-refractivity contribution in [2.24, 2.45) is 5.41 Å². The first kappa shape index (κ1) is 17.7. The number of hydrogen-bond donors (Lipinski definition) is 1. The van der Waals surface area contributed by atoms with Crippen molar-refractivity contribution in [3.63, 3.8) is 0 Å². The van der Waals surface area contributed by atoms with E-state index in [9.17, 15) is 14.7 Å². The summed E-state index contributed by atoms with van der Waals surface area (Å²) in [6.07, 6.45) is 4.46. The van der Waals surface area contributed by atoms with Crippen molar-refractivity contribution in [3.05, 3.63) is 53.9 Å². The summed E-state index contributed by atoms with van der Waals surface area (Å²) in [7, 11) is 0. The van der Waals surface area contributed by atoms with Gasteiger partial charge in [0.15, 0.2) is 0 Å². The third kappa shape index (κ3) is 2.56. The van der Waals surface area contributed by atoms with Gasteiger partial charge in [0, 0.05) is 18.3 Å². The van der Waals surface area contributed by atoms with Gasteiger partial charge in [0.05, 0.1) is 16.7 Å². The van der Waals surface area contributed by atoms with Gasteiger partial charge in [-0.05, 0) is 49.8 Å². The zero-order chi connectivity index (χ0) is 19.2. The molecule has 1 N–H and O–H groups in total. The summed E-state index contributed by atoms with van der Waals surface area (Å²) in [4.78, 5) is 31.9. The van der Waals surface area contributed by atoms with Gasteiger partial charge in [-0.2, -0.15) is 0 Å². The second-order valence-electron chi connectivity index (χ2n) is 7.66. The maximum absolute atomic E-state index is 13.6. The van der Waals surface area contributed by atoms with Crippen molar-refractivity contribution in [2.45, 2.75) is 51.6 Å². The van der Waals surface area contributed by atoms with Crippen molar-refractivity contribution < 1.29 is 14.7 Å². The number of carbonyl (C=O) groups is 2. The lowest BCUT2D eigenvalue weighted by Crippen LogP contribution is -2.45. The normalized spacial score (nSPS) is 26.4. The van der Waals surface area contributed by atoms with E-state index in [-0.39, 0.29) is 18.0 Å². The lowest BCUT2D eigenvalue weighted by atomic mass is 9.72. The van der Waals surface area contributed by atoms with Gasteiger partial charge in [0.2, 0.25) is 0 Å². The van der Waals surface area contributed by atoms with Crippen LogP contribution in [-0.4, -0.2) is 39.0 Å². The Morgan fingerprint density at radius 3 is 2.59 bits per heavy atom. The fraction of sp³-hybridized carbons (Fsp3) is 0.409. The van der Waals surface area contributed by atoms with Crippen LogP contribution in [0.25, 0.3) is 11.1 Å². The molecule has 1 amide bonds. The number of aromatic nitrogens is 1. The first-order chi connectivity index (χ1) is 13.0. The molecule has 5 nitrogen and oxygen atoms in total. The predicted molar refractivity (Wildman–Crippen MR) is 102 cm³/mol. The number of aryl methyl sites for hydroxylation is 1. The number of hydrogen-bond acceptors (Lipinski definition) is 3. The van der Waals surface area contributed by atoms with Gasteiger partial charge in [-0.15, -0.1) is 0 Å². The molecule has 2 aliphatic heterocycles. The molecule has 2 aliphatic rings. The summed E-state index contributed by atoms with van der Waals surface area (Å²) in [6.45, 7) is 3.77. The quantitative estimate of drug-likeness (QED) is 0.893. The van der Waals surface area contributed by atoms with Crippen molar-refractivity contribution in [2.75, 3.05) is 0 Å². The van der Waals surface area contributed by atoms with Crippen LogP contribution in [0, 0.1) is 12.3 Å². The molecule has 3 atom stereocenters. The average Bonchev–Trinajstić information content (AvgIpc) is 3.24. The number of aliphatic carboxylic acids is 1. The summed E-state index contributed by atoms with van der Waals surface area (Å²) in [5, 5.41) is 9.89. The Morgan fingerprint density at radius 2 is 1.96 bits per heavy atom. The number of nitrogens with zero attached hydrogens (tertiary/aromatic N) is 2. The first-order valence-corrected chi connectivity index (χ1v) is 9.56. The zero-order valence-electron chi connectivity index (χ0n) is 15.7. The second-order valence-corrected chi connectivity index (χ2v) is 7.66. The molecule has 0 radical (unpaired) electrons. The summed E-state index contributed by atoms with van der Waals surface area (Å²) in [6, 6.07) is 11.5. The Hall–Kier alpha value is -2.69. The van der Waals surface area contributed by atoms with Gasteiger partial charge >= 0.3 is 5.97 Å². The monoisotopic (exact) mass is 364 g/mol. The van der Waals surface area contributed by atoms with Crippen LogP contribution in [0.15, 0.2) is 42.6 Å². The molecule has 140 valence electrons. The van der Waals surface area contributed by atoms with Crippen LogP contribution in [0.1, 0.15) is 48.7 Å². The van der Waals surface area contributed by atoms with Gasteiger partial charge in [-0.25, -0.2) is 0 Å². The largest absolute Gasteiger partial charge is 0.481 e.